The fraction of sp³-hybridized carbons (Fsp3) is 0.769. The minimum Gasteiger partial charge on any atom is -0.481 e. The van der Waals surface area contributed by atoms with Crippen LogP contribution in [0.2, 0.25) is 0 Å². The van der Waals surface area contributed by atoms with Crippen molar-refractivity contribution in [2.45, 2.75) is 84.8 Å². The zero-order valence-electron chi connectivity index (χ0n) is 21.3. The van der Waals surface area contributed by atoms with E-state index in [4.69, 9.17) is 4.74 Å². The lowest BCUT2D eigenvalue weighted by molar-refractivity contribution is -0.223. The number of ketones is 2. The van der Waals surface area contributed by atoms with Crippen LogP contribution in [0.3, 0.4) is 0 Å². The van der Waals surface area contributed by atoms with Gasteiger partial charge in [-0.15, -0.1) is 0 Å². The molecule has 3 saturated carbocycles. The van der Waals surface area contributed by atoms with Crippen LogP contribution in [-0.2, 0) is 23.9 Å². The molecular formula is C26H38O8. The standard InChI is InChI=1S/C26H38O8/c1-14-23(5)13-16-22(4,11-10-17(27)28)15(21(2,3)32)9-12-24(16,6)26(14,20(31)34-8)19(30)25(7,33)18(23)29/h15-16,32-33H,1,9-13H2,2-8H3,(H,27,28)/t15-,16+,22-,23-,24+,25+,26+/m1/s1. The first kappa shape index (κ1) is 26.5. The molecule has 0 aromatic rings. The molecule has 0 radical (unpaired) electrons. The van der Waals surface area contributed by atoms with Crippen molar-refractivity contribution < 1.29 is 39.2 Å². The van der Waals surface area contributed by atoms with Gasteiger partial charge in [0.25, 0.3) is 0 Å². The highest BCUT2D eigenvalue weighted by Gasteiger charge is 2.80. The van der Waals surface area contributed by atoms with Crippen molar-refractivity contribution in [3.63, 3.8) is 0 Å². The first-order valence-electron chi connectivity index (χ1n) is 11.8. The highest BCUT2D eigenvalue weighted by Crippen LogP contribution is 2.75. The van der Waals surface area contributed by atoms with E-state index in [2.05, 4.69) is 6.58 Å². The van der Waals surface area contributed by atoms with Crippen LogP contribution in [0.4, 0.5) is 0 Å². The summed E-state index contributed by atoms with van der Waals surface area (Å²) in [5.41, 5.74) is -8.79. The van der Waals surface area contributed by atoms with Crippen LogP contribution in [0.5, 0.6) is 0 Å². The lowest BCUT2D eigenvalue weighted by atomic mass is 9.31. The van der Waals surface area contributed by atoms with Gasteiger partial charge >= 0.3 is 11.9 Å². The topological polar surface area (TPSA) is 138 Å². The van der Waals surface area contributed by atoms with E-state index in [1.807, 2.05) is 6.92 Å². The predicted octanol–water partition coefficient (Wildman–Crippen LogP) is 2.69. The second kappa shape index (κ2) is 7.47. The Morgan fingerprint density at radius 3 is 2.18 bits per heavy atom. The largest absolute Gasteiger partial charge is 0.481 e. The maximum Gasteiger partial charge on any atom is 0.324 e. The molecule has 8 heteroatoms. The third-order valence-electron chi connectivity index (χ3n) is 9.85. The predicted molar refractivity (Wildman–Crippen MR) is 123 cm³/mol. The Bertz CT molecular complexity index is 964. The van der Waals surface area contributed by atoms with Crippen LogP contribution in [0.25, 0.3) is 0 Å². The number of ether oxygens (including phenoxy) is 1. The lowest BCUT2D eigenvalue weighted by Gasteiger charge is -2.70. The van der Waals surface area contributed by atoms with Crippen molar-refractivity contribution >= 4 is 23.5 Å². The number of hydrogen-bond donors (Lipinski definition) is 3. The number of carboxylic acids is 1. The van der Waals surface area contributed by atoms with E-state index in [-0.39, 0.29) is 30.8 Å². The number of fused-ring (bicyclic) bond motifs is 4. The van der Waals surface area contributed by atoms with Crippen molar-refractivity contribution in [1.82, 2.24) is 0 Å². The molecule has 3 aliphatic carbocycles. The molecule has 3 N–H and O–H groups in total. The van der Waals surface area contributed by atoms with E-state index in [9.17, 15) is 34.5 Å². The van der Waals surface area contributed by atoms with Gasteiger partial charge in [0, 0.05) is 6.42 Å². The summed E-state index contributed by atoms with van der Waals surface area (Å²) in [5.74, 6) is -4.38. The van der Waals surface area contributed by atoms with E-state index in [1.54, 1.807) is 27.7 Å². The molecule has 0 aromatic carbocycles. The summed E-state index contributed by atoms with van der Waals surface area (Å²) in [5, 5.41) is 31.7. The molecule has 3 fully saturated rings. The maximum atomic E-state index is 14.0. The average Bonchev–Trinajstić information content (AvgIpc) is 2.72. The molecule has 8 nitrogen and oxygen atoms in total. The van der Waals surface area contributed by atoms with E-state index >= 15 is 0 Å². The highest BCUT2D eigenvalue weighted by molar-refractivity contribution is 6.26. The fourth-order valence-corrected chi connectivity index (χ4v) is 8.23. The molecule has 0 spiro atoms. The summed E-state index contributed by atoms with van der Waals surface area (Å²) < 4.78 is 5.17. The fourth-order valence-electron chi connectivity index (χ4n) is 8.23. The van der Waals surface area contributed by atoms with Gasteiger partial charge in [0.2, 0.25) is 0 Å². The zero-order chi connectivity index (χ0) is 26.3. The van der Waals surface area contributed by atoms with Crippen molar-refractivity contribution in [1.29, 1.82) is 0 Å². The Morgan fingerprint density at radius 1 is 1.15 bits per heavy atom. The van der Waals surface area contributed by atoms with E-state index in [0.717, 1.165) is 6.92 Å². The summed E-state index contributed by atoms with van der Waals surface area (Å²) in [6.45, 7) is 13.9. The average molecular weight is 479 g/mol. The van der Waals surface area contributed by atoms with Crippen molar-refractivity contribution in [2.75, 3.05) is 7.11 Å². The molecule has 3 rings (SSSR count). The van der Waals surface area contributed by atoms with Crippen LogP contribution in [0.1, 0.15) is 73.6 Å². The number of carbonyl (C=O) groups excluding carboxylic acids is 3. The molecule has 0 unspecified atom stereocenters. The highest BCUT2D eigenvalue weighted by atomic mass is 16.5. The van der Waals surface area contributed by atoms with E-state index in [0.29, 0.717) is 12.8 Å². The number of hydrogen-bond acceptors (Lipinski definition) is 7. The number of carboxylic acid groups (broad SMARTS) is 1. The van der Waals surface area contributed by atoms with Gasteiger partial charge in [-0.2, -0.15) is 0 Å². The number of aliphatic carboxylic acids is 1. The molecule has 7 atom stereocenters. The minimum absolute atomic E-state index is 0.134. The van der Waals surface area contributed by atoms with E-state index < -0.39 is 62.3 Å². The van der Waals surface area contributed by atoms with Crippen molar-refractivity contribution in [3.8, 4) is 0 Å². The third-order valence-corrected chi connectivity index (χ3v) is 9.85. The van der Waals surface area contributed by atoms with Crippen LogP contribution >= 0.6 is 0 Å². The third kappa shape index (κ3) is 2.97. The normalized spacial score (nSPS) is 44.4. The molecular weight excluding hydrogens is 440 g/mol. The molecule has 0 heterocycles. The van der Waals surface area contributed by atoms with Gasteiger partial charge in [0.1, 0.15) is 0 Å². The number of esters is 1. The van der Waals surface area contributed by atoms with Gasteiger partial charge in [0.05, 0.1) is 18.1 Å². The quantitative estimate of drug-likeness (QED) is 0.311. The van der Waals surface area contributed by atoms with Gasteiger partial charge in [-0.3, -0.25) is 19.2 Å². The summed E-state index contributed by atoms with van der Waals surface area (Å²) in [6, 6.07) is 0. The second-order valence-electron chi connectivity index (χ2n) is 12.1. The molecule has 0 amide bonds. The summed E-state index contributed by atoms with van der Waals surface area (Å²) in [7, 11) is 1.17. The summed E-state index contributed by atoms with van der Waals surface area (Å²) >= 11 is 0. The minimum atomic E-state index is -2.40. The van der Waals surface area contributed by atoms with Crippen LogP contribution < -0.4 is 0 Å². The molecule has 0 saturated heterocycles. The van der Waals surface area contributed by atoms with Gasteiger partial charge in [-0.05, 0) is 81.6 Å². The Balaban J connectivity index is 2.39. The second-order valence-corrected chi connectivity index (χ2v) is 12.1. The SMILES string of the molecule is C=C1[C@@]2(C)C[C@H]3[C@](C)(CCC(=O)O)[C@@H](C(C)(C)O)CC[C@]3(C)[C@]1(C(=O)OC)C(=O)[C@@](C)(O)C2=O. The smallest absolute Gasteiger partial charge is 0.324 e. The lowest BCUT2D eigenvalue weighted by Crippen LogP contribution is -2.77. The van der Waals surface area contributed by atoms with Gasteiger partial charge in [0.15, 0.2) is 22.6 Å². The van der Waals surface area contributed by atoms with Crippen LogP contribution in [-0.4, -0.2) is 57.1 Å². The monoisotopic (exact) mass is 478 g/mol. The van der Waals surface area contributed by atoms with Gasteiger partial charge < -0.3 is 20.1 Å². The Morgan fingerprint density at radius 2 is 1.71 bits per heavy atom. The number of carbonyl (C=O) groups is 4. The van der Waals surface area contributed by atoms with E-state index in [1.165, 1.54) is 7.11 Å². The van der Waals surface area contributed by atoms with Gasteiger partial charge in [-0.1, -0.05) is 20.4 Å². The molecule has 0 aromatic heterocycles. The maximum absolute atomic E-state index is 14.0. The first-order chi connectivity index (χ1) is 15.3. The molecule has 0 aliphatic heterocycles. The Labute approximate surface area is 200 Å². The van der Waals surface area contributed by atoms with Crippen LogP contribution in [0, 0.1) is 33.5 Å². The summed E-state index contributed by atoms with van der Waals surface area (Å²) in [6.07, 6.45) is 0.938. The number of rotatable bonds is 5. The van der Waals surface area contributed by atoms with Gasteiger partial charge in [-0.25, -0.2) is 0 Å². The van der Waals surface area contributed by atoms with Crippen molar-refractivity contribution in [3.05, 3.63) is 12.2 Å². The Hall–Kier alpha value is -2.06. The van der Waals surface area contributed by atoms with Crippen LogP contribution in [0.15, 0.2) is 12.2 Å². The molecule has 34 heavy (non-hydrogen) atoms. The number of methoxy groups -OCH3 is 1. The summed E-state index contributed by atoms with van der Waals surface area (Å²) in [4.78, 5) is 52.8. The zero-order valence-corrected chi connectivity index (χ0v) is 21.3. The first-order valence-corrected chi connectivity index (χ1v) is 11.8. The van der Waals surface area contributed by atoms with Crippen molar-refractivity contribution in [2.24, 2.45) is 33.5 Å². The molecule has 3 aliphatic rings. The number of aliphatic hydroxyl groups is 2. The molecule has 190 valence electrons. The molecule has 2 bridgehead atoms. The number of Topliss-reactive ketones (excluding diaryl/α,β-unsaturated/α-hetero) is 2. The Kier molecular flexibility index (Phi) is 5.83.